The Bertz CT molecular complexity index is 733. The molecular weight excluding hydrogens is 319 g/mol. The summed E-state index contributed by atoms with van der Waals surface area (Å²) >= 11 is 12.0. The second-order valence-corrected chi connectivity index (χ2v) is 6.49. The van der Waals surface area contributed by atoms with Crippen molar-refractivity contribution in [2.75, 3.05) is 5.32 Å². The standard InChI is InChI=1S/C13H12Cl2N2O2S/c14-12-6-1-3-9(13(12)15)8-17-10-4-2-5-11(7-10)20(16,18)19/h1-7,17H,8H2,(H2,16,18,19). The van der Waals surface area contributed by atoms with E-state index in [9.17, 15) is 8.42 Å². The number of sulfonamides is 1. The molecule has 0 spiro atoms. The molecule has 0 bridgehead atoms. The summed E-state index contributed by atoms with van der Waals surface area (Å²) in [6.45, 7) is 0.424. The molecule has 2 aromatic rings. The number of halogens is 2. The van der Waals surface area contributed by atoms with Crippen molar-refractivity contribution in [3.05, 3.63) is 58.1 Å². The van der Waals surface area contributed by atoms with Crippen LogP contribution < -0.4 is 10.5 Å². The summed E-state index contributed by atoms with van der Waals surface area (Å²) in [7, 11) is -3.71. The highest BCUT2D eigenvalue weighted by Crippen LogP contribution is 2.26. The van der Waals surface area contributed by atoms with E-state index >= 15 is 0 Å². The van der Waals surface area contributed by atoms with Crippen LogP contribution in [0.5, 0.6) is 0 Å². The Morgan fingerprint density at radius 1 is 1.10 bits per heavy atom. The van der Waals surface area contributed by atoms with Crippen LogP contribution in [0.15, 0.2) is 47.4 Å². The zero-order chi connectivity index (χ0) is 14.8. The molecule has 0 saturated heterocycles. The fourth-order valence-electron chi connectivity index (χ4n) is 1.67. The van der Waals surface area contributed by atoms with Crippen LogP contribution in [-0.2, 0) is 16.6 Å². The number of hydrogen-bond acceptors (Lipinski definition) is 3. The fourth-order valence-corrected chi connectivity index (χ4v) is 2.61. The highest BCUT2D eigenvalue weighted by Gasteiger charge is 2.08. The van der Waals surface area contributed by atoms with Crippen molar-refractivity contribution in [1.29, 1.82) is 0 Å². The van der Waals surface area contributed by atoms with Crippen LogP contribution in [0, 0.1) is 0 Å². The van der Waals surface area contributed by atoms with Crippen LogP contribution in [-0.4, -0.2) is 8.42 Å². The lowest BCUT2D eigenvalue weighted by molar-refractivity contribution is 0.598. The van der Waals surface area contributed by atoms with E-state index in [2.05, 4.69) is 5.32 Å². The lowest BCUT2D eigenvalue weighted by Gasteiger charge is -2.09. The Morgan fingerprint density at radius 2 is 1.80 bits per heavy atom. The average molecular weight is 331 g/mol. The third kappa shape index (κ3) is 3.64. The average Bonchev–Trinajstić information content (AvgIpc) is 2.40. The van der Waals surface area contributed by atoms with Crippen molar-refractivity contribution >= 4 is 38.9 Å². The van der Waals surface area contributed by atoms with E-state index in [0.717, 1.165) is 5.56 Å². The van der Waals surface area contributed by atoms with Gasteiger partial charge in [-0.1, -0.05) is 41.4 Å². The minimum atomic E-state index is -3.71. The summed E-state index contributed by atoms with van der Waals surface area (Å²) in [4.78, 5) is 0.0553. The Hall–Kier alpha value is -1.27. The van der Waals surface area contributed by atoms with Crippen LogP contribution in [0.25, 0.3) is 0 Å². The van der Waals surface area contributed by atoms with Crippen molar-refractivity contribution < 1.29 is 8.42 Å². The zero-order valence-corrected chi connectivity index (χ0v) is 12.6. The fraction of sp³-hybridized carbons (Fsp3) is 0.0769. The van der Waals surface area contributed by atoms with Gasteiger partial charge in [0.2, 0.25) is 10.0 Å². The van der Waals surface area contributed by atoms with Gasteiger partial charge >= 0.3 is 0 Å². The molecule has 0 radical (unpaired) electrons. The predicted octanol–water partition coefficient (Wildman–Crippen LogP) is 3.25. The minimum absolute atomic E-state index is 0.0553. The van der Waals surface area contributed by atoms with Gasteiger partial charge in [-0.25, -0.2) is 13.6 Å². The lowest BCUT2D eigenvalue weighted by Crippen LogP contribution is -2.12. The minimum Gasteiger partial charge on any atom is -0.381 e. The van der Waals surface area contributed by atoms with Crippen LogP contribution >= 0.6 is 23.2 Å². The van der Waals surface area contributed by atoms with E-state index in [-0.39, 0.29) is 4.90 Å². The molecule has 0 amide bonds. The van der Waals surface area contributed by atoms with E-state index < -0.39 is 10.0 Å². The number of anilines is 1. The largest absolute Gasteiger partial charge is 0.381 e. The lowest BCUT2D eigenvalue weighted by atomic mass is 10.2. The zero-order valence-electron chi connectivity index (χ0n) is 10.3. The number of benzene rings is 2. The van der Waals surface area contributed by atoms with E-state index in [1.807, 2.05) is 6.07 Å². The number of primary sulfonamides is 1. The maximum Gasteiger partial charge on any atom is 0.238 e. The molecule has 0 heterocycles. The maximum absolute atomic E-state index is 11.3. The van der Waals surface area contributed by atoms with Crippen molar-refractivity contribution in [2.45, 2.75) is 11.4 Å². The first-order valence-corrected chi connectivity index (χ1v) is 7.98. The van der Waals surface area contributed by atoms with Crippen LogP contribution in [0.2, 0.25) is 10.0 Å². The van der Waals surface area contributed by atoms with Gasteiger partial charge < -0.3 is 5.32 Å². The van der Waals surface area contributed by atoms with Crippen LogP contribution in [0.1, 0.15) is 5.56 Å². The Kier molecular flexibility index (Phi) is 4.55. The summed E-state index contributed by atoms with van der Waals surface area (Å²) in [6.07, 6.45) is 0. The molecule has 20 heavy (non-hydrogen) atoms. The van der Waals surface area contributed by atoms with Crippen LogP contribution in [0.4, 0.5) is 5.69 Å². The summed E-state index contributed by atoms with van der Waals surface area (Å²) in [6, 6.07) is 11.6. The quantitative estimate of drug-likeness (QED) is 0.903. The first-order valence-electron chi connectivity index (χ1n) is 5.67. The molecule has 0 aromatic heterocycles. The van der Waals surface area contributed by atoms with Gasteiger partial charge in [-0.15, -0.1) is 0 Å². The molecule has 0 atom stereocenters. The van der Waals surface area contributed by atoms with E-state index in [4.69, 9.17) is 28.3 Å². The number of rotatable bonds is 4. The molecule has 0 aliphatic carbocycles. The molecule has 2 aromatic carbocycles. The van der Waals surface area contributed by atoms with Crippen molar-refractivity contribution in [3.63, 3.8) is 0 Å². The third-order valence-corrected chi connectivity index (χ3v) is 4.45. The van der Waals surface area contributed by atoms with E-state index in [1.54, 1.807) is 24.3 Å². The van der Waals surface area contributed by atoms with Gasteiger partial charge in [0.25, 0.3) is 0 Å². The van der Waals surface area contributed by atoms with Gasteiger partial charge in [0, 0.05) is 12.2 Å². The summed E-state index contributed by atoms with van der Waals surface area (Å²) in [5, 5.41) is 9.11. The second-order valence-electron chi connectivity index (χ2n) is 4.14. The molecule has 2 rings (SSSR count). The molecule has 0 unspecified atom stereocenters. The van der Waals surface area contributed by atoms with E-state index in [0.29, 0.717) is 22.3 Å². The second kappa shape index (κ2) is 6.01. The topological polar surface area (TPSA) is 72.2 Å². The van der Waals surface area contributed by atoms with Gasteiger partial charge in [0.1, 0.15) is 0 Å². The highest BCUT2D eigenvalue weighted by molar-refractivity contribution is 7.89. The maximum atomic E-state index is 11.3. The number of nitrogens with one attached hydrogen (secondary N) is 1. The Balaban J connectivity index is 2.18. The third-order valence-electron chi connectivity index (χ3n) is 2.68. The molecular formula is C13H12Cl2N2O2S. The SMILES string of the molecule is NS(=O)(=O)c1cccc(NCc2cccc(Cl)c2Cl)c1. The normalized spacial score (nSPS) is 11.3. The first kappa shape index (κ1) is 15.1. The van der Waals surface area contributed by atoms with Crippen molar-refractivity contribution in [3.8, 4) is 0 Å². The Labute approximate surface area is 127 Å². The van der Waals surface area contributed by atoms with Crippen LogP contribution in [0.3, 0.4) is 0 Å². The molecule has 0 fully saturated rings. The van der Waals surface area contributed by atoms with E-state index in [1.165, 1.54) is 12.1 Å². The van der Waals surface area contributed by atoms with Gasteiger partial charge in [-0.3, -0.25) is 0 Å². The molecule has 106 valence electrons. The summed E-state index contributed by atoms with van der Waals surface area (Å²) < 4.78 is 22.5. The van der Waals surface area contributed by atoms with Gasteiger partial charge in [0.05, 0.1) is 14.9 Å². The highest BCUT2D eigenvalue weighted by atomic mass is 35.5. The monoisotopic (exact) mass is 330 g/mol. The molecule has 0 saturated carbocycles. The summed E-state index contributed by atoms with van der Waals surface area (Å²) in [5.41, 5.74) is 1.45. The molecule has 0 aliphatic heterocycles. The summed E-state index contributed by atoms with van der Waals surface area (Å²) in [5.74, 6) is 0. The first-order chi connectivity index (χ1) is 9.38. The molecule has 3 N–H and O–H groups in total. The number of nitrogens with two attached hydrogens (primary N) is 1. The van der Waals surface area contributed by atoms with Gasteiger partial charge in [-0.2, -0.15) is 0 Å². The van der Waals surface area contributed by atoms with Crippen molar-refractivity contribution in [1.82, 2.24) is 0 Å². The molecule has 7 heteroatoms. The molecule has 0 aliphatic rings. The smallest absolute Gasteiger partial charge is 0.238 e. The number of hydrogen-bond donors (Lipinski definition) is 2. The van der Waals surface area contributed by atoms with Gasteiger partial charge in [0.15, 0.2) is 0 Å². The van der Waals surface area contributed by atoms with Crippen molar-refractivity contribution in [2.24, 2.45) is 5.14 Å². The molecule has 4 nitrogen and oxygen atoms in total. The van der Waals surface area contributed by atoms with Gasteiger partial charge in [-0.05, 0) is 29.8 Å². The predicted molar refractivity (Wildman–Crippen MR) is 81.6 cm³/mol. The Morgan fingerprint density at radius 3 is 2.50 bits per heavy atom.